The van der Waals surface area contributed by atoms with Gasteiger partial charge in [0.15, 0.2) is 15.9 Å². The van der Waals surface area contributed by atoms with Crippen LogP contribution in [0.3, 0.4) is 0 Å². The molecule has 0 unspecified atom stereocenters. The molecule has 2 aromatic carbocycles. The van der Waals surface area contributed by atoms with Gasteiger partial charge in [0.25, 0.3) is 11.8 Å². The summed E-state index contributed by atoms with van der Waals surface area (Å²) in [6.07, 6.45) is 0.220. The van der Waals surface area contributed by atoms with E-state index in [-0.39, 0.29) is 10.5 Å². The van der Waals surface area contributed by atoms with E-state index >= 15 is 0 Å². The maximum absolute atomic E-state index is 12.4. The van der Waals surface area contributed by atoms with Crippen LogP contribution in [-0.2, 0) is 14.6 Å². The van der Waals surface area contributed by atoms with Gasteiger partial charge < -0.3 is 4.74 Å². The lowest BCUT2D eigenvalue weighted by atomic mass is 10.1. The van der Waals surface area contributed by atoms with Gasteiger partial charge in [-0.1, -0.05) is 18.2 Å². The largest absolute Gasteiger partial charge is 0.481 e. The van der Waals surface area contributed by atoms with E-state index < -0.39 is 27.8 Å². The zero-order valence-corrected chi connectivity index (χ0v) is 17.3. The Morgan fingerprint density at radius 3 is 2.32 bits per heavy atom. The molecular formula is C20H24N2O5S. The van der Waals surface area contributed by atoms with Crippen LogP contribution in [0.5, 0.6) is 5.75 Å². The second-order valence-corrected chi connectivity index (χ2v) is 8.67. The molecule has 0 saturated heterocycles. The maximum atomic E-state index is 12.4. The molecule has 0 saturated carbocycles. The third-order valence-corrected chi connectivity index (χ3v) is 5.52. The molecule has 2 amide bonds. The van der Waals surface area contributed by atoms with Crippen LogP contribution in [0.25, 0.3) is 0 Å². The van der Waals surface area contributed by atoms with Crippen LogP contribution in [0.2, 0.25) is 0 Å². The molecule has 150 valence electrons. The summed E-state index contributed by atoms with van der Waals surface area (Å²) < 4.78 is 29.0. The van der Waals surface area contributed by atoms with Crippen LogP contribution in [0, 0.1) is 20.8 Å². The second-order valence-electron chi connectivity index (χ2n) is 6.65. The highest BCUT2D eigenvalue weighted by Gasteiger charge is 2.19. The number of nitrogens with one attached hydrogen (secondary N) is 2. The van der Waals surface area contributed by atoms with E-state index in [1.54, 1.807) is 26.0 Å². The molecule has 0 bridgehead atoms. The topological polar surface area (TPSA) is 102 Å². The van der Waals surface area contributed by atoms with Crippen LogP contribution in [-0.4, -0.2) is 32.6 Å². The van der Waals surface area contributed by atoms with Crippen molar-refractivity contribution in [1.29, 1.82) is 0 Å². The minimum absolute atomic E-state index is 0.0289. The Labute approximate surface area is 165 Å². The van der Waals surface area contributed by atoms with Crippen molar-refractivity contribution in [2.45, 2.75) is 38.7 Å². The predicted octanol–water partition coefficient (Wildman–Crippen LogP) is 2.24. The summed E-state index contributed by atoms with van der Waals surface area (Å²) in [5, 5.41) is 0. The first-order valence-electron chi connectivity index (χ1n) is 8.64. The molecule has 2 N–H and O–H groups in total. The van der Waals surface area contributed by atoms with Gasteiger partial charge >= 0.3 is 0 Å². The Balaban J connectivity index is 2.04. The van der Waals surface area contributed by atoms with E-state index in [4.69, 9.17) is 4.74 Å². The minimum Gasteiger partial charge on any atom is -0.481 e. The Bertz CT molecular complexity index is 1020. The number of ether oxygens (including phenoxy) is 1. The van der Waals surface area contributed by atoms with Gasteiger partial charge in [-0.05, 0) is 62.6 Å². The fourth-order valence-corrected chi connectivity index (χ4v) is 3.11. The van der Waals surface area contributed by atoms with Gasteiger partial charge in [0.1, 0.15) is 5.75 Å². The van der Waals surface area contributed by atoms with Crippen LogP contribution in [0.1, 0.15) is 34.0 Å². The number of carbonyl (C=O) groups is 2. The molecule has 0 aromatic heterocycles. The molecule has 28 heavy (non-hydrogen) atoms. The zero-order valence-electron chi connectivity index (χ0n) is 16.5. The lowest BCUT2D eigenvalue weighted by Crippen LogP contribution is -2.47. The van der Waals surface area contributed by atoms with Crippen molar-refractivity contribution < 1.29 is 22.7 Å². The molecule has 0 aliphatic heterocycles. The molecule has 0 fully saturated rings. The van der Waals surface area contributed by atoms with Gasteiger partial charge in [0.2, 0.25) is 0 Å². The molecule has 0 spiro atoms. The quantitative estimate of drug-likeness (QED) is 0.744. The number of benzene rings is 2. The highest BCUT2D eigenvalue weighted by Crippen LogP contribution is 2.21. The number of aryl methyl sites for hydroxylation is 2. The number of amides is 2. The smallest absolute Gasteiger partial charge is 0.279 e. The van der Waals surface area contributed by atoms with Gasteiger partial charge in [-0.15, -0.1) is 0 Å². The van der Waals surface area contributed by atoms with Crippen LogP contribution in [0.4, 0.5) is 0 Å². The van der Waals surface area contributed by atoms with E-state index in [1.165, 1.54) is 12.1 Å². The summed E-state index contributed by atoms with van der Waals surface area (Å²) in [5.41, 5.74) is 7.32. The number of rotatable bonds is 5. The third-order valence-electron chi connectivity index (χ3n) is 4.41. The first-order valence-corrected chi connectivity index (χ1v) is 10.5. The van der Waals surface area contributed by atoms with Gasteiger partial charge in [-0.3, -0.25) is 20.4 Å². The standard InChI is InChI=1S/C20H24N2O5S/c1-12-7-6-8-18(14(12)3)27-15(4)19(23)21-22-20(24)17-11-16(28(5,25)26)10-9-13(17)2/h6-11,15H,1-5H3,(H,21,23)(H,22,24)/t15-/m1/s1. The fraction of sp³-hybridized carbons (Fsp3) is 0.300. The third kappa shape index (κ3) is 5.10. The summed E-state index contributed by atoms with van der Waals surface area (Å²) in [4.78, 5) is 24.6. The van der Waals surface area contributed by atoms with Crippen molar-refractivity contribution in [2.24, 2.45) is 0 Å². The van der Waals surface area contributed by atoms with Crippen molar-refractivity contribution in [2.75, 3.05) is 6.26 Å². The molecule has 2 aromatic rings. The first kappa shape index (κ1) is 21.4. The SMILES string of the molecule is Cc1ccc(S(C)(=O)=O)cc1C(=O)NNC(=O)[C@@H](C)Oc1cccc(C)c1C. The van der Waals surface area contributed by atoms with Crippen molar-refractivity contribution in [1.82, 2.24) is 10.9 Å². The Hall–Kier alpha value is -2.87. The average Bonchev–Trinajstić information content (AvgIpc) is 2.62. The molecule has 7 nitrogen and oxygen atoms in total. The summed E-state index contributed by atoms with van der Waals surface area (Å²) in [5.74, 6) is -0.563. The number of hydrogen-bond donors (Lipinski definition) is 2. The van der Waals surface area contributed by atoms with Crippen molar-refractivity contribution in [3.63, 3.8) is 0 Å². The highest BCUT2D eigenvalue weighted by molar-refractivity contribution is 7.90. The van der Waals surface area contributed by atoms with Crippen molar-refractivity contribution in [3.8, 4) is 5.75 Å². The molecule has 2 rings (SSSR count). The summed E-state index contributed by atoms with van der Waals surface area (Å²) >= 11 is 0. The normalized spacial score (nSPS) is 12.2. The van der Waals surface area contributed by atoms with Gasteiger partial charge in [-0.2, -0.15) is 0 Å². The van der Waals surface area contributed by atoms with E-state index in [1.807, 2.05) is 26.0 Å². The monoisotopic (exact) mass is 404 g/mol. The van der Waals surface area contributed by atoms with Gasteiger partial charge in [0.05, 0.1) is 4.90 Å². The molecule has 8 heteroatoms. The van der Waals surface area contributed by atoms with Gasteiger partial charge in [-0.25, -0.2) is 8.42 Å². The van der Waals surface area contributed by atoms with E-state index in [2.05, 4.69) is 10.9 Å². The van der Waals surface area contributed by atoms with Crippen LogP contribution >= 0.6 is 0 Å². The van der Waals surface area contributed by atoms with Crippen molar-refractivity contribution >= 4 is 21.7 Å². The molecule has 0 aliphatic carbocycles. The average molecular weight is 404 g/mol. The van der Waals surface area contributed by atoms with E-state index in [0.29, 0.717) is 11.3 Å². The molecule has 0 aliphatic rings. The lowest BCUT2D eigenvalue weighted by molar-refractivity contribution is -0.128. The van der Waals surface area contributed by atoms with E-state index in [0.717, 1.165) is 17.4 Å². The minimum atomic E-state index is -3.45. The number of hydrogen-bond acceptors (Lipinski definition) is 5. The predicted molar refractivity (Wildman–Crippen MR) is 106 cm³/mol. The van der Waals surface area contributed by atoms with Crippen LogP contribution < -0.4 is 15.6 Å². The van der Waals surface area contributed by atoms with Gasteiger partial charge in [0, 0.05) is 11.8 Å². The molecule has 0 heterocycles. The van der Waals surface area contributed by atoms with Crippen LogP contribution in [0.15, 0.2) is 41.3 Å². The molecular weight excluding hydrogens is 380 g/mol. The zero-order chi connectivity index (χ0) is 21.1. The Kier molecular flexibility index (Phi) is 6.45. The fourth-order valence-electron chi connectivity index (χ4n) is 2.46. The summed E-state index contributed by atoms with van der Waals surface area (Å²) in [6.45, 7) is 7.09. The maximum Gasteiger partial charge on any atom is 0.279 e. The first-order chi connectivity index (χ1) is 13.0. The Morgan fingerprint density at radius 1 is 1.00 bits per heavy atom. The Morgan fingerprint density at radius 2 is 1.68 bits per heavy atom. The van der Waals surface area contributed by atoms with Crippen molar-refractivity contribution in [3.05, 3.63) is 58.7 Å². The molecule has 0 radical (unpaired) electrons. The number of sulfone groups is 1. The highest BCUT2D eigenvalue weighted by atomic mass is 32.2. The summed E-state index contributed by atoms with van der Waals surface area (Å²) in [7, 11) is -3.45. The number of hydrazine groups is 1. The second kappa shape index (κ2) is 8.43. The lowest BCUT2D eigenvalue weighted by Gasteiger charge is -2.17. The van der Waals surface area contributed by atoms with E-state index in [9.17, 15) is 18.0 Å². The summed E-state index contributed by atoms with van der Waals surface area (Å²) in [6, 6.07) is 9.80. The number of carbonyl (C=O) groups excluding carboxylic acids is 2. The molecule has 1 atom stereocenters.